The summed E-state index contributed by atoms with van der Waals surface area (Å²) in [6.45, 7) is 0.172. The molecule has 3 rings (SSSR count). The molecule has 1 heterocycles. The van der Waals surface area contributed by atoms with Gasteiger partial charge in [0.15, 0.2) is 0 Å². The molecular formula is C24H28N2O9S. The number of esters is 2. The van der Waals surface area contributed by atoms with Crippen LogP contribution in [0, 0.1) is 5.92 Å². The number of benzene rings is 2. The fraction of sp³-hybridized carbons (Fsp3) is 0.375. The second-order valence-corrected chi connectivity index (χ2v) is 9.90. The van der Waals surface area contributed by atoms with Gasteiger partial charge in [-0.2, -0.15) is 4.31 Å². The molecule has 1 amide bonds. The lowest BCUT2D eigenvalue weighted by molar-refractivity contribution is -0.120. The van der Waals surface area contributed by atoms with E-state index < -0.39 is 33.8 Å². The van der Waals surface area contributed by atoms with E-state index in [1.54, 1.807) is 6.07 Å². The van der Waals surface area contributed by atoms with Crippen LogP contribution in [0.3, 0.4) is 0 Å². The normalized spacial score (nSPS) is 16.1. The molecule has 1 N–H and O–H groups in total. The molecule has 0 saturated carbocycles. The Labute approximate surface area is 209 Å². The summed E-state index contributed by atoms with van der Waals surface area (Å²) in [6, 6.07) is 8.51. The van der Waals surface area contributed by atoms with Gasteiger partial charge >= 0.3 is 11.9 Å². The smallest absolute Gasteiger partial charge is 0.337 e. The quantitative estimate of drug-likeness (QED) is 0.520. The van der Waals surface area contributed by atoms with Crippen molar-refractivity contribution in [3.05, 3.63) is 47.5 Å². The minimum absolute atomic E-state index is 0.0497. The Bertz CT molecular complexity index is 1230. The number of carbonyl (C=O) groups is 3. The largest absolute Gasteiger partial charge is 0.497 e. The van der Waals surface area contributed by atoms with Crippen molar-refractivity contribution in [1.82, 2.24) is 4.31 Å². The van der Waals surface area contributed by atoms with E-state index >= 15 is 0 Å². The Morgan fingerprint density at radius 3 is 2.11 bits per heavy atom. The number of methoxy groups -OCH3 is 4. The Morgan fingerprint density at radius 1 is 0.917 bits per heavy atom. The molecule has 1 aliphatic heterocycles. The first-order valence-corrected chi connectivity index (χ1v) is 12.4. The zero-order valence-electron chi connectivity index (χ0n) is 20.4. The average molecular weight is 521 g/mol. The topological polar surface area (TPSA) is 138 Å². The summed E-state index contributed by atoms with van der Waals surface area (Å²) in [6.07, 6.45) is 0.910. The summed E-state index contributed by atoms with van der Waals surface area (Å²) in [5.41, 5.74) is 0.278. The van der Waals surface area contributed by atoms with Crippen molar-refractivity contribution in [3.63, 3.8) is 0 Å². The summed E-state index contributed by atoms with van der Waals surface area (Å²) in [5, 5.41) is 2.68. The van der Waals surface area contributed by atoms with Gasteiger partial charge in [0.1, 0.15) is 16.4 Å². The second-order valence-electron chi connectivity index (χ2n) is 7.99. The number of rotatable bonds is 8. The molecule has 2 aromatic carbocycles. The summed E-state index contributed by atoms with van der Waals surface area (Å²) < 4.78 is 47.9. The van der Waals surface area contributed by atoms with E-state index in [-0.39, 0.29) is 40.5 Å². The first-order valence-electron chi connectivity index (χ1n) is 11.0. The Hall–Kier alpha value is -3.64. The van der Waals surface area contributed by atoms with Crippen LogP contribution in [0.5, 0.6) is 11.5 Å². The minimum Gasteiger partial charge on any atom is -0.497 e. The number of hydrogen-bond acceptors (Lipinski definition) is 9. The van der Waals surface area contributed by atoms with Crippen LogP contribution in [0.4, 0.5) is 5.69 Å². The maximum absolute atomic E-state index is 13.4. The molecule has 2 aromatic rings. The number of sulfonamides is 1. The van der Waals surface area contributed by atoms with Gasteiger partial charge < -0.3 is 24.3 Å². The van der Waals surface area contributed by atoms with Crippen LogP contribution in [-0.4, -0.2) is 72.1 Å². The van der Waals surface area contributed by atoms with Crippen molar-refractivity contribution in [1.29, 1.82) is 0 Å². The Balaban J connectivity index is 1.84. The third kappa shape index (κ3) is 5.77. The lowest BCUT2D eigenvalue weighted by Gasteiger charge is -2.31. The monoisotopic (exact) mass is 520 g/mol. The van der Waals surface area contributed by atoms with Crippen LogP contribution in [0.25, 0.3) is 0 Å². The van der Waals surface area contributed by atoms with Crippen LogP contribution in [0.1, 0.15) is 33.6 Å². The van der Waals surface area contributed by atoms with E-state index in [0.29, 0.717) is 18.6 Å². The third-order valence-corrected chi connectivity index (χ3v) is 7.67. The minimum atomic E-state index is -3.99. The van der Waals surface area contributed by atoms with E-state index in [4.69, 9.17) is 18.9 Å². The Kier molecular flexibility index (Phi) is 8.53. The third-order valence-electron chi connectivity index (χ3n) is 5.79. The average Bonchev–Trinajstić information content (AvgIpc) is 2.91. The highest BCUT2D eigenvalue weighted by molar-refractivity contribution is 7.89. The van der Waals surface area contributed by atoms with Crippen molar-refractivity contribution in [2.45, 2.75) is 17.7 Å². The lowest BCUT2D eigenvalue weighted by atomic mass is 9.98. The molecule has 1 aliphatic rings. The van der Waals surface area contributed by atoms with Crippen molar-refractivity contribution in [2.24, 2.45) is 5.92 Å². The van der Waals surface area contributed by atoms with Gasteiger partial charge in [-0.1, -0.05) is 0 Å². The van der Waals surface area contributed by atoms with Gasteiger partial charge in [0.2, 0.25) is 15.9 Å². The first-order chi connectivity index (χ1) is 17.1. The Morgan fingerprint density at radius 2 is 1.56 bits per heavy atom. The zero-order valence-corrected chi connectivity index (χ0v) is 21.2. The molecule has 11 nitrogen and oxygen atoms in total. The van der Waals surface area contributed by atoms with Gasteiger partial charge in [0, 0.05) is 24.8 Å². The standard InChI is InChI=1S/C24H28N2O9S/c1-32-19-7-8-20(33-2)21(13-19)36(30,31)26-9-5-6-15(14-26)22(27)25-18-11-16(23(28)34-3)10-17(12-18)24(29)35-4/h7-8,10-13,15H,5-6,9,14H2,1-4H3,(H,25,27)/t15-/m1/s1. The molecule has 0 spiro atoms. The van der Waals surface area contributed by atoms with Crippen molar-refractivity contribution < 1.29 is 41.7 Å². The van der Waals surface area contributed by atoms with Crippen LogP contribution < -0.4 is 14.8 Å². The molecule has 1 fully saturated rings. The fourth-order valence-corrected chi connectivity index (χ4v) is 5.61. The second kappa shape index (κ2) is 11.4. The van der Waals surface area contributed by atoms with E-state index in [0.717, 1.165) is 0 Å². The van der Waals surface area contributed by atoms with Crippen LogP contribution in [0.2, 0.25) is 0 Å². The maximum atomic E-state index is 13.4. The van der Waals surface area contributed by atoms with Gasteiger partial charge in [-0.05, 0) is 43.2 Å². The van der Waals surface area contributed by atoms with Crippen molar-refractivity contribution in [2.75, 3.05) is 46.8 Å². The van der Waals surface area contributed by atoms with E-state index in [9.17, 15) is 22.8 Å². The SMILES string of the molecule is COC(=O)c1cc(NC(=O)[C@@H]2CCCN(S(=O)(=O)c3cc(OC)ccc3OC)C2)cc(C(=O)OC)c1. The number of ether oxygens (including phenoxy) is 4. The highest BCUT2D eigenvalue weighted by Gasteiger charge is 2.35. The highest BCUT2D eigenvalue weighted by atomic mass is 32.2. The number of amides is 1. The molecule has 1 atom stereocenters. The number of hydrogen-bond donors (Lipinski definition) is 1. The number of piperidine rings is 1. The van der Waals surface area contributed by atoms with Gasteiger partial charge in [0.05, 0.1) is 45.5 Å². The molecule has 36 heavy (non-hydrogen) atoms. The van der Waals surface area contributed by atoms with Crippen molar-refractivity contribution in [3.8, 4) is 11.5 Å². The van der Waals surface area contributed by atoms with Crippen LogP contribution >= 0.6 is 0 Å². The molecule has 0 radical (unpaired) electrons. The van der Waals surface area contributed by atoms with E-state index in [2.05, 4.69) is 5.32 Å². The molecule has 194 valence electrons. The molecule has 0 unspecified atom stereocenters. The van der Waals surface area contributed by atoms with E-state index in [1.165, 1.54) is 63.1 Å². The molecule has 1 saturated heterocycles. The number of anilines is 1. The number of nitrogens with zero attached hydrogens (tertiary/aromatic N) is 1. The summed E-state index contributed by atoms with van der Waals surface area (Å²) in [7, 11) is 1.20. The number of nitrogens with one attached hydrogen (secondary N) is 1. The zero-order chi connectivity index (χ0) is 26.5. The predicted octanol–water partition coefficient (Wildman–Crippen LogP) is 2.32. The summed E-state index contributed by atoms with van der Waals surface area (Å²) in [5.74, 6) is -2.00. The maximum Gasteiger partial charge on any atom is 0.337 e. The van der Waals surface area contributed by atoms with Gasteiger partial charge in [-0.3, -0.25) is 4.79 Å². The molecule has 0 aliphatic carbocycles. The molecule has 12 heteroatoms. The van der Waals surface area contributed by atoms with E-state index in [1.807, 2.05) is 0 Å². The summed E-state index contributed by atoms with van der Waals surface area (Å²) >= 11 is 0. The van der Waals surface area contributed by atoms with Gasteiger partial charge in [0.25, 0.3) is 0 Å². The predicted molar refractivity (Wildman–Crippen MR) is 129 cm³/mol. The van der Waals surface area contributed by atoms with Crippen LogP contribution in [-0.2, 0) is 24.3 Å². The lowest BCUT2D eigenvalue weighted by Crippen LogP contribution is -2.43. The van der Waals surface area contributed by atoms with Crippen LogP contribution in [0.15, 0.2) is 41.3 Å². The molecule has 0 aromatic heterocycles. The van der Waals surface area contributed by atoms with Gasteiger partial charge in [-0.25, -0.2) is 18.0 Å². The fourth-order valence-electron chi connectivity index (χ4n) is 3.91. The molecular weight excluding hydrogens is 492 g/mol. The summed E-state index contributed by atoms with van der Waals surface area (Å²) in [4.78, 5) is 37.1. The van der Waals surface area contributed by atoms with Gasteiger partial charge in [-0.15, -0.1) is 0 Å². The first kappa shape index (κ1) is 27.0. The van der Waals surface area contributed by atoms with Crippen molar-refractivity contribution >= 4 is 33.6 Å². The number of carbonyl (C=O) groups excluding carboxylic acids is 3. The molecule has 0 bridgehead atoms. The highest BCUT2D eigenvalue weighted by Crippen LogP contribution is 2.33.